The second kappa shape index (κ2) is 6.05. The summed E-state index contributed by atoms with van der Waals surface area (Å²) in [5, 5.41) is 17.2. The van der Waals surface area contributed by atoms with Crippen LogP contribution in [0.2, 0.25) is 0 Å². The third-order valence-electron chi connectivity index (χ3n) is 2.21. The lowest BCUT2D eigenvalue weighted by molar-refractivity contribution is 0.0863. The predicted molar refractivity (Wildman–Crippen MR) is 58.1 cm³/mol. The first-order valence-electron chi connectivity index (χ1n) is 5.00. The van der Waals surface area contributed by atoms with Crippen LogP contribution in [-0.4, -0.2) is 29.5 Å². The lowest BCUT2D eigenvalue weighted by atomic mass is 10.2. The number of pyridine rings is 1. The number of nitrogens with zero attached hydrogens (tertiary/aromatic N) is 2. The number of aromatic nitrogens is 1. The number of aryl methyl sites for hydroxylation is 1. The molecule has 0 atom stereocenters. The van der Waals surface area contributed by atoms with E-state index in [0.29, 0.717) is 13.2 Å². The van der Waals surface area contributed by atoms with E-state index in [1.54, 1.807) is 13.0 Å². The number of hydrogen-bond acceptors (Lipinski definition) is 4. The molecule has 0 aliphatic heterocycles. The van der Waals surface area contributed by atoms with E-state index in [1.807, 2.05) is 6.07 Å². The van der Waals surface area contributed by atoms with Gasteiger partial charge in [-0.15, -0.1) is 0 Å². The lowest BCUT2D eigenvalue weighted by Gasteiger charge is -2.09. The van der Waals surface area contributed by atoms with Crippen LogP contribution in [0.1, 0.15) is 11.3 Å². The van der Waals surface area contributed by atoms with Crippen molar-refractivity contribution in [1.82, 2.24) is 4.57 Å². The first kappa shape index (κ1) is 12.4. The Morgan fingerprint density at radius 1 is 1.50 bits per heavy atom. The summed E-state index contributed by atoms with van der Waals surface area (Å²) >= 11 is 0. The molecule has 1 N–H and O–H groups in total. The van der Waals surface area contributed by atoms with Gasteiger partial charge in [0.1, 0.15) is 11.6 Å². The maximum absolute atomic E-state index is 11.7. The van der Waals surface area contributed by atoms with E-state index in [9.17, 15) is 4.79 Å². The van der Waals surface area contributed by atoms with Crippen LogP contribution in [0.25, 0.3) is 0 Å². The Kier molecular flexibility index (Phi) is 4.70. The maximum atomic E-state index is 11.7. The summed E-state index contributed by atoms with van der Waals surface area (Å²) in [7, 11) is 0. The van der Waals surface area contributed by atoms with E-state index in [-0.39, 0.29) is 24.3 Å². The van der Waals surface area contributed by atoms with Gasteiger partial charge >= 0.3 is 0 Å². The lowest BCUT2D eigenvalue weighted by Crippen LogP contribution is -2.26. The summed E-state index contributed by atoms with van der Waals surface area (Å²) in [6.07, 6.45) is 0. The number of nitriles is 1. The van der Waals surface area contributed by atoms with Crippen LogP contribution in [0.5, 0.6) is 0 Å². The molecule has 16 heavy (non-hydrogen) atoms. The van der Waals surface area contributed by atoms with Gasteiger partial charge < -0.3 is 14.4 Å². The van der Waals surface area contributed by atoms with Gasteiger partial charge in [0.2, 0.25) is 0 Å². The van der Waals surface area contributed by atoms with Crippen LogP contribution in [0.15, 0.2) is 16.9 Å². The molecule has 0 spiro atoms. The zero-order valence-electron chi connectivity index (χ0n) is 9.14. The van der Waals surface area contributed by atoms with Gasteiger partial charge in [0, 0.05) is 12.2 Å². The molecule has 5 heteroatoms. The highest BCUT2D eigenvalue weighted by molar-refractivity contribution is 5.27. The molecular formula is C11H14N2O3. The van der Waals surface area contributed by atoms with Crippen molar-refractivity contribution in [3.05, 3.63) is 33.7 Å². The summed E-state index contributed by atoms with van der Waals surface area (Å²) in [6, 6.07) is 5.10. The molecule has 0 saturated heterocycles. The van der Waals surface area contributed by atoms with Crippen molar-refractivity contribution in [2.75, 3.05) is 19.8 Å². The molecule has 0 aliphatic carbocycles. The summed E-state index contributed by atoms with van der Waals surface area (Å²) in [6.45, 7) is 2.75. The summed E-state index contributed by atoms with van der Waals surface area (Å²) in [4.78, 5) is 11.7. The maximum Gasteiger partial charge on any atom is 0.268 e. The summed E-state index contributed by atoms with van der Waals surface area (Å²) in [5.74, 6) is 0. The Morgan fingerprint density at radius 2 is 2.25 bits per heavy atom. The smallest absolute Gasteiger partial charge is 0.268 e. The van der Waals surface area contributed by atoms with Crippen LogP contribution in [0, 0.1) is 18.3 Å². The Hall–Kier alpha value is -1.64. The molecule has 0 aromatic carbocycles. The first-order chi connectivity index (χ1) is 7.70. The molecule has 1 aromatic heterocycles. The highest BCUT2D eigenvalue weighted by atomic mass is 16.5. The number of rotatable bonds is 5. The molecule has 1 aromatic rings. The summed E-state index contributed by atoms with van der Waals surface area (Å²) in [5.41, 5.74) is 0.624. The van der Waals surface area contributed by atoms with Crippen LogP contribution < -0.4 is 5.56 Å². The average Bonchev–Trinajstić information content (AvgIpc) is 2.28. The van der Waals surface area contributed by atoms with Crippen molar-refractivity contribution >= 4 is 0 Å². The Labute approximate surface area is 93.5 Å². The normalized spacial score (nSPS) is 10.1. The van der Waals surface area contributed by atoms with Crippen LogP contribution in [0.3, 0.4) is 0 Å². The van der Waals surface area contributed by atoms with Crippen molar-refractivity contribution in [1.29, 1.82) is 5.26 Å². The molecule has 0 radical (unpaired) electrons. The average molecular weight is 222 g/mol. The monoisotopic (exact) mass is 222 g/mol. The number of hydrogen-bond donors (Lipinski definition) is 1. The molecule has 0 saturated carbocycles. The van der Waals surface area contributed by atoms with Crippen LogP contribution in [-0.2, 0) is 11.3 Å². The Balaban J connectivity index is 2.79. The zero-order valence-corrected chi connectivity index (χ0v) is 9.14. The Bertz CT molecular complexity index is 446. The number of aliphatic hydroxyl groups is 1. The molecule has 0 bridgehead atoms. The van der Waals surface area contributed by atoms with Crippen molar-refractivity contribution in [3.63, 3.8) is 0 Å². The van der Waals surface area contributed by atoms with E-state index in [4.69, 9.17) is 15.1 Å². The van der Waals surface area contributed by atoms with Gasteiger partial charge in [0.05, 0.1) is 19.8 Å². The SMILES string of the molecule is Cc1ccc(C#N)c(=O)n1CCOCCO. The quantitative estimate of drug-likeness (QED) is 0.713. The molecule has 0 unspecified atom stereocenters. The first-order valence-corrected chi connectivity index (χ1v) is 5.00. The molecule has 0 aliphatic rings. The van der Waals surface area contributed by atoms with Gasteiger partial charge in [-0.25, -0.2) is 0 Å². The van der Waals surface area contributed by atoms with Crippen molar-refractivity contribution < 1.29 is 9.84 Å². The largest absolute Gasteiger partial charge is 0.394 e. The van der Waals surface area contributed by atoms with E-state index in [0.717, 1.165) is 5.69 Å². The molecular weight excluding hydrogens is 208 g/mol. The molecule has 1 rings (SSSR count). The summed E-state index contributed by atoms with van der Waals surface area (Å²) < 4.78 is 6.57. The molecule has 0 fully saturated rings. The van der Waals surface area contributed by atoms with E-state index in [1.165, 1.54) is 10.6 Å². The molecule has 86 valence electrons. The second-order valence-electron chi connectivity index (χ2n) is 3.29. The van der Waals surface area contributed by atoms with Gasteiger partial charge in [-0.1, -0.05) is 0 Å². The van der Waals surface area contributed by atoms with Crippen LogP contribution >= 0.6 is 0 Å². The molecule has 5 nitrogen and oxygen atoms in total. The van der Waals surface area contributed by atoms with Gasteiger partial charge in [-0.2, -0.15) is 5.26 Å². The Morgan fingerprint density at radius 3 is 2.88 bits per heavy atom. The molecule has 0 amide bonds. The van der Waals surface area contributed by atoms with E-state index < -0.39 is 0 Å². The van der Waals surface area contributed by atoms with Crippen molar-refractivity contribution in [2.45, 2.75) is 13.5 Å². The fraction of sp³-hybridized carbons (Fsp3) is 0.455. The van der Waals surface area contributed by atoms with E-state index >= 15 is 0 Å². The van der Waals surface area contributed by atoms with Crippen molar-refractivity contribution in [2.24, 2.45) is 0 Å². The third kappa shape index (κ3) is 2.92. The topological polar surface area (TPSA) is 75.2 Å². The fourth-order valence-electron chi connectivity index (χ4n) is 1.36. The van der Waals surface area contributed by atoms with Gasteiger partial charge in [-0.05, 0) is 19.1 Å². The minimum absolute atomic E-state index is 0.0356. The third-order valence-corrected chi connectivity index (χ3v) is 2.21. The highest BCUT2D eigenvalue weighted by Gasteiger charge is 2.05. The minimum Gasteiger partial charge on any atom is -0.394 e. The van der Waals surface area contributed by atoms with Crippen LogP contribution in [0.4, 0.5) is 0 Å². The number of aliphatic hydroxyl groups excluding tert-OH is 1. The number of ether oxygens (including phenoxy) is 1. The highest BCUT2D eigenvalue weighted by Crippen LogP contribution is 1.97. The standard InChI is InChI=1S/C11H14N2O3/c1-9-2-3-10(8-12)11(15)13(9)4-6-16-7-5-14/h2-3,14H,4-7H2,1H3. The van der Waals surface area contributed by atoms with Gasteiger partial charge in [-0.3, -0.25) is 4.79 Å². The minimum atomic E-state index is -0.296. The van der Waals surface area contributed by atoms with Gasteiger partial charge in [0.15, 0.2) is 0 Å². The zero-order chi connectivity index (χ0) is 12.0. The van der Waals surface area contributed by atoms with Crippen molar-refractivity contribution in [3.8, 4) is 6.07 Å². The molecule has 1 heterocycles. The fourth-order valence-corrected chi connectivity index (χ4v) is 1.36. The predicted octanol–water partition coefficient (Wildman–Crippen LogP) is 0.0373. The van der Waals surface area contributed by atoms with Gasteiger partial charge in [0.25, 0.3) is 5.56 Å². The van der Waals surface area contributed by atoms with E-state index in [2.05, 4.69) is 0 Å². The second-order valence-corrected chi connectivity index (χ2v) is 3.29.